The van der Waals surface area contributed by atoms with Crippen molar-refractivity contribution in [2.75, 3.05) is 6.61 Å². The molecule has 0 bridgehead atoms. The number of hydrogen-bond donors (Lipinski definition) is 0. The van der Waals surface area contributed by atoms with Crippen molar-refractivity contribution in [1.82, 2.24) is 0 Å². The molecule has 0 aliphatic rings. The number of aldehydes is 1. The molecule has 78 valence electrons. The summed E-state index contributed by atoms with van der Waals surface area (Å²) in [6.45, 7) is 2.68. The third-order valence-electron chi connectivity index (χ3n) is 2.02. The Bertz CT molecular complexity index is 380. The number of benzene rings is 1. The second-order valence-electron chi connectivity index (χ2n) is 3.19. The van der Waals surface area contributed by atoms with E-state index in [1.165, 1.54) is 6.07 Å². The number of ether oxygens (including phenoxy) is 1. The molecule has 3 heteroatoms. The lowest BCUT2D eigenvalue weighted by atomic mass is 10.1. The normalized spacial score (nSPS) is 9.33. The van der Waals surface area contributed by atoms with Gasteiger partial charge in [0.1, 0.15) is 18.1 Å². The number of carbonyl (C=O) groups is 1. The Hall–Kier alpha value is -1.82. The zero-order valence-electron chi connectivity index (χ0n) is 8.69. The van der Waals surface area contributed by atoms with Gasteiger partial charge in [-0.15, -0.1) is 0 Å². The van der Waals surface area contributed by atoms with E-state index in [0.29, 0.717) is 23.5 Å². The highest BCUT2D eigenvalue weighted by Gasteiger charge is 2.03. The van der Waals surface area contributed by atoms with Crippen LogP contribution in [0.5, 0.6) is 5.75 Å². The molecular formula is C12H13NO2. The molecule has 1 aromatic carbocycles. The summed E-state index contributed by atoms with van der Waals surface area (Å²) in [5, 5.41) is 8.85. The highest BCUT2D eigenvalue weighted by Crippen LogP contribution is 2.18. The molecule has 0 aromatic heterocycles. The van der Waals surface area contributed by atoms with Crippen LogP contribution in [0.2, 0.25) is 0 Å². The average molecular weight is 203 g/mol. The summed E-state index contributed by atoms with van der Waals surface area (Å²) in [5.74, 6) is 0.552. The van der Waals surface area contributed by atoms with Crippen LogP contribution in [-0.2, 0) is 0 Å². The highest BCUT2D eigenvalue weighted by molar-refractivity contribution is 5.76. The minimum absolute atomic E-state index is 0.413. The van der Waals surface area contributed by atoms with E-state index < -0.39 is 0 Å². The van der Waals surface area contributed by atoms with Crippen LogP contribution in [0.15, 0.2) is 18.2 Å². The number of nitriles is 1. The molecule has 0 aliphatic heterocycles. The van der Waals surface area contributed by atoms with Crippen LogP contribution in [0.1, 0.15) is 35.7 Å². The molecule has 1 aromatic rings. The van der Waals surface area contributed by atoms with Crippen LogP contribution in [0, 0.1) is 11.3 Å². The lowest BCUT2D eigenvalue weighted by Gasteiger charge is -2.06. The predicted molar refractivity (Wildman–Crippen MR) is 56.9 cm³/mol. The number of unbranched alkanes of at least 4 members (excludes halogenated alkanes) is 1. The Morgan fingerprint density at radius 3 is 2.93 bits per heavy atom. The van der Waals surface area contributed by atoms with Gasteiger partial charge in [0.05, 0.1) is 12.2 Å². The van der Waals surface area contributed by atoms with Crippen molar-refractivity contribution < 1.29 is 9.53 Å². The Morgan fingerprint density at radius 1 is 1.53 bits per heavy atom. The fourth-order valence-electron chi connectivity index (χ4n) is 1.16. The summed E-state index contributed by atoms with van der Waals surface area (Å²) in [6, 6.07) is 6.86. The Balaban J connectivity index is 2.79. The van der Waals surface area contributed by atoms with E-state index in [0.717, 1.165) is 19.1 Å². The van der Waals surface area contributed by atoms with E-state index in [4.69, 9.17) is 10.00 Å². The van der Waals surface area contributed by atoms with Crippen molar-refractivity contribution in [2.24, 2.45) is 0 Å². The number of carbonyl (C=O) groups excluding carboxylic acids is 1. The van der Waals surface area contributed by atoms with E-state index >= 15 is 0 Å². The average Bonchev–Trinajstić information content (AvgIpc) is 2.29. The van der Waals surface area contributed by atoms with E-state index in [9.17, 15) is 4.79 Å². The first-order valence-electron chi connectivity index (χ1n) is 4.94. The molecule has 0 saturated heterocycles. The quantitative estimate of drug-likeness (QED) is 0.545. The van der Waals surface area contributed by atoms with Crippen molar-refractivity contribution in [1.29, 1.82) is 5.26 Å². The second kappa shape index (κ2) is 5.82. The van der Waals surface area contributed by atoms with Crippen LogP contribution in [0.4, 0.5) is 0 Å². The monoisotopic (exact) mass is 203 g/mol. The van der Waals surface area contributed by atoms with Crippen molar-refractivity contribution in [3.63, 3.8) is 0 Å². The Labute approximate surface area is 89.3 Å². The first-order valence-corrected chi connectivity index (χ1v) is 4.94. The molecule has 0 amide bonds. The third-order valence-corrected chi connectivity index (χ3v) is 2.02. The van der Waals surface area contributed by atoms with Gasteiger partial charge in [0, 0.05) is 5.56 Å². The van der Waals surface area contributed by atoms with Crippen LogP contribution in [0.25, 0.3) is 0 Å². The second-order valence-corrected chi connectivity index (χ2v) is 3.19. The summed E-state index contributed by atoms with van der Waals surface area (Å²) in [5.41, 5.74) is 0.907. The summed E-state index contributed by atoms with van der Waals surface area (Å²) in [4.78, 5) is 10.5. The summed E-state index contributed by atoms with van der Waals surface area (Å²) in [7, 11) is 0. The summed E-state index contributed by atoms with van der Waals surface area (Å²) < 4.78 is 5.43. The molecule has 0 aliphatic carbocycles. The molecule has 0 atom stereocenters. The minimum atomic E-state index is 0.413. The lowest BCUT2D eigenvalue weighted by Crippen LogP contribution is -1.98. The Morgan fingerprint density at radius 2 is 2.33 bits per heavy atom. The van der Waals surface area contributed by atoms with Crippen molar-refractivity contribution in [3.8, 4) is 11.8 Å². The molecule has 0 N–H and O–H groups in total. The molecule has 0 heterocycles. The maximum Gasteiger partial charge on any atom is 0.150 e. The van der Waals surface area contributed by atoms with E-state index in [1.54, 1.807) is 12.1 Å². The van der Waals surface area contributed by atoms with Gasteiger partial charge < -0.3 is 4.74 Å². The smallest absolute Gasteiger partial charge is 0.150 e. The predicted octanol–water partition coefficient (Wildman–Crippen LogP) is 2.55. The zero-order valence-corrected chi connectivity index (χ0v) is 8.69. The van der Waals surface area contributed by atoms with E-state index in [1.807, 2.05) is 6.07 Å². The van der Waals surface area contributed by atoms with E-state index in [2.05, 4.69) is 6.92 Å². The van der Waals surface area contributed by atoms with Crippen LogP contribution >= 0.6 is 0 Å². The third kappa shape index (κ3) is 3.10. The van der Waals surface area contributed by atoms with Crippen LogP contribution < -0.4 is 4.74 Å². The Kier molecular flexibility index (Phi) is 4.36. The molecule has 15 heavy (non-hydrogen) atoms. The molecule has 3 nitrogen and oxygen atoms in total. The van der Waals surface area contributed by atoms with Crippen molar-refractivity contribution >= 4 is 6.29 Å². The highest BCUT2D eigenvalue weighted by atomic mass is 16.5. The van der Waals surface area contributed by atoms with Gasteiger partial charge in [0.25, 0.3) is 0 Å². The number of hydrogen-bond acceptors (Lipinski definition) is 3. The molecule has 0 unspecified atom stereocenters. The van der Waals surface area contributed by atoms with Gasteiger partial charge in [-0.1, -0.05) is 13.3 Å². The van der Waals surface area contributed by atoms with Crippen LogP contribution in [0.3, 0.4) is 0 Å². The zero-order chi connectivity index (χ0) is 11.1. The maximum absolute atomic E-state index is 10.5. The standard InChI is InChI=1S/C12H13NO2/c1-2-3-6-15-12-5-4-10(9-14)7-11(12)8-13/h4-5,7,9H,2-3,6H2,1H3. The first-order chi connectivity index (χ1) is 7.31. The fraction of sp³-hybridized carbons (Fsp3) is 0.333. The van der Waals surface area contributed by atoms with Gasteiger partial charge in [0.15, 0.2) is 0 Å². The minimum Gasteiger partial charge on any atom is -0.492 e. The number of rotatable bonds is 5. The largest absolute Gasteiger partial charge is 0.492 e. The fourth-order valence-corrected chi connectivity index (χ4v) is 1.16. The SMILES string of the molecule is CCCCOc1ccc(C=O)cc1C#N. The summed E-state index contributed by atoms with van der Waals surface area (Å²) in [6.07, 6.45) is 2.73. The summed E-state index contributed by atoms with van der Waals surface area (Å²) >= 11 is 0. The molecule has 0 radical (unpaired) electrons. The van der Waals surface area contributed by atoms with Gasteiger partial charge >= 0.3 is 0 Å². The van der Waals surface area contributed by atoms with E-state index in [-0.39, 0.29) is 0 Å². The first kappa shape index (κ1) is 11.3. The van der Waals surface area contributed by atoms with Gasteiger partial charge in [-0.3, -0.25) is 4.79 Å². The van der Waals surface area contributed by atoms with Crippen molar-refractivity contribution in [3.05, 3.63) is 29.3 Å². The van der Waals surface area contributed by atoms with Crippen molar-refractivity contribution in [2.45, 2.75) is 19.8 Å². The lowest BCUT2D eigenvalue weighted by molar-refractivity contribution is 0.112. The maximum atomic E-state index is 10.5. The molecule has 0 spiro atoms. The van der Waals surface area contributed by atoms with Gasteiger partial charge in [-0.25, -0.2) is 0 Å². The number of nitrogens with zero attached hydrogens (tertiary/aromatic N) is 1. The van der Waals surface area contributed by atoms with Crippen LogP contribution in [-0.4, -0.2) is 12.9 Å². The van der Waals surface area contributed by atoms with Gasteiger partial charge in [-0.2, -0.15) is 5.26 Å². The molecular weight excluding hydrogens is 190 g/mol. The molecule has 1 rings (SSSR count). The van der Waals surface area contributed by atoms with Gasteiger partial charge in [0.2, 0.25) is 0 Å². The molecule has 0 saturated carbocycles. The molecule has 0 fully saturated rings. The topological polar surface area (TPSA) is 50.1 Å². The van der Waals surface area contributed by atoms with Gasteiger partial charge in [-0.05, 0) is 24.6 Å².